The van der Waals surface area contributed by atoms with Crippen LogP contribution in [-0.2, 0) is 0 Å². The first kappa shape index (κ1) is 13.9. The summed E-state index contributed by atoms with van der Waals surface area (Å²) >= 11 is 6.01. The van der Waals surface area contributed by atoms with E-state index in [9.17, 15) is 9.50 Å². The maximum Gasteiger partial charge on any atom is 0.145 e. The van der Waals surface area contributed by atoms with Crippen LogP contribution in [0.4, 0.5) is 4.39 Å². The van der Waals surface area contributed by atoms with Gasteiger partial charge in [-0.15, -0.1) is 0 Å². The quantitative estimate of drug-likeness (QED) is 0.739. The summed E-state index contributed by atoms with van der Waals surface area (Å²) in [5, 5.41) is 10.6. The lowest BCUT2D eigenvalue weighted by Gasteiger charge is -2.14. The van der Waals surface area contributed by atoms with Crippen molar-refractivity contribution in [2.75, 3.05) is 0 Å². The summed E-state index contributed by atoms with van der Waals surface area (Å²) in [6.45, 7) is 4.06. The van der Waals surface area contributed by atoms with E-state index >= 15 is 0 Å². The number of aromatic nitrogens is 2. The van der Waals surface area contributed by atoms with Crippen molar-refractivity contribution in [2.45, 2.75) is 19.9 Å². The van der Waals surface area contributed by atoms with E-state index in [1.54, 1.807) is 12.1 Å². The van der Waals surface area contributed by atoms with Gasteiger partial charge < -0.3 is 9.67 Å². The van der Waals surface area contributed by atoms with Crippen LogP contribution in [0, 0.1) is 5.82 Å². The number of hydrogen-bond donors (Lipinski definition) is 1. The number of benzene rings is 2. The molecule has 0 saturated heterocycles. The number of fused-ring (bicyclic) bond motifs is 1. The molecule has 0 saturated carbocycles. The fourth-order valence-electron chi connectivity index (χ4n) is 2.48. The Morgan fingerprint density at radius 2 is 1.95 bits per heavy atom. The molecule has 3 nitrogen and oxygen atoms in total. The van der Waals surface area contributed by atoms with Gasteiger partial charge in [0.25, 0.3) is 0 Å². The van der Waals surface area contributed by atoms with E-state index in [1.165, 1.54) is 12.1 Å². The lowest BCUT2D eigenvalue weighted by atomic mass is 10.1. The number of phenols is 1. The summed E-state index contributed by atoms with van der Waals surface area (Å²) in [5.41, 5.74) is 2.17. The van der Waals surface area contributed by atoms with Crippen molar-refractivity contribution < 1.29 is 9.50 Å². The van der Waals surface area contributed by atoms with Gasteiger partial charge in [-0.25, -0.2) is 9.37 Å². The smallest absolute Gasteiger partial charge is 0.145 e. The van der Waals surface area contributed by atoms with Gasteiger partial charge >= 0.3 is 0 Å². The second-order valence-corrected chi connectivity index (χ2v) is 5.63. The lowest BCUT2D eigenvalue weighted by molar-refractivity contribution is 0.470. The first-order chi connectivity index (χ1) is 9.97. The lowest BCUT2D eigenvalue weighted by Crippen LogP contribution is -2.03. The van der Waals surface area contributed by atoms with Gasteiger partial charge in [-0.05, 0) is 44.2 Å². The van der Waals surface area contributed by atoms with Crippen molar-refractivity contribution in [3.8, 4) is 17.1 Å². The van der Waals surface area contributed by atoms with Gasteiger partial charge in [0.1, 0.15) is 17.4 Å². The molecule has 0 atom stereocenters. The van der Waals surface area contributed by atoms with Crippen LogP contribution in [0.15, 0.2) is 36.4 Å². The van der Waals surface area contributed by atoms with Crippen molar-refractivity contribution >= 4 is 22.6 Å². The van der Waals surface area contributed by atoms with E-state index in [-0.39, 0.29) is 11.8 Å². The van der Waals surface area contributed by atoms with Gasteiger partial charge in [-0.2, -0.15) is 0 Å². The molecule has 2 aromatic carbocycles. The fraction of sp³-hybridized carbons (Fsp3) is 0.188. The average molecular weight is 305 g/mol. The van der Waals surface area contributed by atoms with Gasteiger partial charge in [-0.1, -0.05) is 11.6 Å². The molecule has 1 N–H and O–H groups in total. The summed E-state index contributed by atoms with van der Waals surface area (Å²) in [6.07, 6.45) is 0. The Balaban J connectivity index is 2.33. The first-order valence-corrected chi connectivity index (χ1v) is 7.01. The Hall–Kier alpha value is -2.07. The highest BCUT2D eigenvalue weighted by Gasteiger charge is 2.18. The van der Waals surface area contributed by atoms with Crippen LogP contribution in [0.1, 0.15) is 19.9 Å². The SMILES string of the molecule is CC(C)n1c(-c2ccc(F)cc2O)nc2cc(Cl)ccc21. The molecule has 0 aliphatic heterocycles. The van der Waals surface area contributed by atoms with Crippen molar-refractivity contribution in [1.29, 1.82) is 0 Å². The highest BCUT2D eigenvalue weighted by molar-refractivity contribution is 6.31. The number of nitrogens with zero attached hydrogens (tertiary/aromatic N) is 2. The second kappa shape index (κ2) is 5.04. The molecule has 0 unspecified atom stereocenters. The third-order valence-corrected chi connectivity index (χ3v) is 3.60. The summed E-state index contributed by atoms with van der Waals surface area (Å²) in [5.74, 6) is -0.00966. The summed E-state index contributed by atoms with van der Waals surface area (Å²) in [6, 6.07) is 9.55. The van der Waals surface area contributed by atoms with Crippen LogP contribution in [-0.4, -0.2) is 14.7 Å². The minimum atomic E-state index is -0.480. The Morgan fingerprint density at radius 3 is 2.62 bits per heavy atom. The third-order valence-electron chi connectivity index (χ3n) is 3.37. The van der Waals surface area contributed by atoms with Crippen molar-refractivity contribution in [3.05, 3.63) is 47.2 Å². The van der Waals surface area contributed by atoms with Gasteiger partial charge in [0.2, 0.25) is 0 Å². The van der Waals surface area contributed by atoms with E-state index < -0.39 is 5.82 Å². The maximum absolute atomic E-state index is 13.2. The van der Waals surface area contributed by atoms with Gasteiger partial charge in [-0.3, -0.25) is 0 Å². The first-order valence-electron chi connectivity index (χ1n) is 6.63. The number of rotatable bonds is 2. The van der Waals surface area contributed by atoms with Crippen molar-refractivity contribution in [2.24, 2.45) is 0 Å². The van der Waals surface area contributed by atoms with Gasteiger partial charge in [0, 0.05) is 17.1 Å². The Morgan fingerprint density at radius 1 is 1.19 bits per heavy atom. The minimum absolute atomic E-state index is 0.127. The third kappa shape index (κ3) is 2.36. The predicted octanol–water partition coefficient (Wildman–Crippen LogP) is 4.78. The molecule has 1 heterocycles. The number of aromatic hydroxyl groups is 1. The molecular weight excluding hydrogens is 291 g/mol. The molecule has 0 fully saturated rings. The number of hydrogen-bond acceptors (Lipinski definition) is 2. The average Bonchev–Trinajstić information content (AvgIpc) is 2.76. The maximum atomic E-state index is 13.2. The van der Waals surface area contributed by atoms with E-state index in [1.807, 2.05) is 24.5 Å². The van der Waals surface area contributed by atoms with Crippen LogP contribution < -0.4 is 0 Å². The zero-order valence-corrected chi connectivity index (χ0v) is 12.4. The molecule has 0 radical (unpaired) electrons. The largest absolute Gasteiger partial charge is 0.507 e. The summed E-state index contributed by atoms with van der Waals surface area (Å²) in [7, 11) is 0. The fourth-order valence-corrected chi connectivity index (χ4v) is 2.64. The minimum Gasteiger partial charge on any atom is -0.507 e. The number of phenolic OH excluding ortho intramolecular Hbond substituents is 1. The normalized spacial score (nSPS) is 11.5. The predicted molar refractivity (Wildman–Crippen MR) is 82.2 cm³/mol. The zero-order valence-electron chi connectivity index (χ0n) is 11.6. The molecule has 108 valence electrons. The van der Waals surface area contributed by atoms with Gasteiger partial charge in [0.15, 0.2) is 0 Å². The van der Waals surface area contributed by atoms with Crippen LogP contribution in [0.3, 0.4) is 0 Å². The molecule has 0 spiro atoms. The molecule has 3 aromatic rings. The Kier molecular flexibility index (Phi) is 3.33. The molecular formula is C16H14ClFN2O. The molecule has 3 rings (SSSR count). The monoisotopic (exact) mass is 304 g/mol. The molecule has 0 bridgehead atoms. The van der Waals surface area contributed by atoms with E-state index in [0.717, 1.165) is 17.1 Å². The van der Waals surface area contributed by atoms with Crippen molar-refractivity contribution in [1.82, 2.24) is 9.55 Å². The standard InChI is InChI=1S/C16H14ClFN2O/c1-9(2)20-14-6-3-10(17)7-13(14)19-16(20)12-5-4-11(18)8-15(12)21/h3-9,21H,1-2H3. The molecule has 5 heteroatoms. The summed E-state index contributed by atoms with van der Waals surface area (Å²) < 4.78 is 15.2. The second-order valence-electron chi connectivity index (χ2n) is 5.19. The van der Waals surface area contributed by atoms with Gasteiger partial charge in [0.05, 0.1) is 16.6 Å². The van der Waals surface area contributed by atoms with E-state index in [4.69, 9.17) is 11.6 Å². The molecule has 21 heavy (non-hydrogen) atoms. The van der Waals surface area contributed by atoms with E-state index in [0.29, 0.717) is 16.4 Å². The van der Waals surface area contributed by atoms with Crippen molar-refractivity contribution in [3.63, 3.8) is 0 Å². The van der Waals surface area contributed by atoms with E-state index in [2.05, 4.69) is 4.98 Å². The Labute approximate surface area is 126 Å². The van der Waals surface area contributed by atoms with Crippen LogP contribution in [0.25, 0.3) is 22.4 Å². The molecule has 1 aromatic heterocycles. The molecule has 0 amide bonds. The van der Waals surface area contributed by atoms with Crippen LogP contribution in [0.2, 0.25) is 5.02 Å². The van der Waals surface area contributed by atoms with Crippen LogP contribution >= 0.6 is 11.6 Å². The topological polar surface area (TPSA) is 38.0 Å². The summed E-state index contributed by atoms with van der Waals surface area (Å²) in [4.78, 5) is 4.55. The zero-order chi connectivity index (χ0) is 15.1. The highest BCUT2D eigenvalue weighted by Crippen LogP contribution is 2.34. The number of imidazole rings is 1. The molecule has 0 aliphatic rings. The van der Waals surface area contributed by atoms with Crippen LogP contribution in [0.5, 0.6) is 5.75 Å². The highest BCUT2D eigenvalue weighted by atomic mass is 35.5. The molecule has 0 aliphatic carbocycles. The Bertz CT molecular complexity index is 827. The number of halogens is 2.